The Hall–Kier alpha value is -4.87. The number of amides is 1. The summed E-state index contributed by atoms with van der Waals surface area (Å²) >= 11 is 0. The van der Waals surface area contributed by atoms with E-state index in [0.717, 1.165) is 0 Å². The predicted octanol–water partition coefficient (Wildman–Crippen LogP) is 3.52. The molecule has 2 aromatic carbocycles. The van der Waals surface area contributed by atoms with Gasteiger partial charge in [0.2, 0.25) is 11.6 Å². The zero-order valence-electron chi connectivity index (χ0n) is 19.3. The van der Waals surface area contributed by atoms with Crippen LogP contribution in [0.25, 0.3) is 0 Å². The van der Waals surface area contributed by atoms with Gasteiger partial charge in [0.05, 0.1) is 4.92 Å². The number of aromatic nitrogens is 1. The summed E-state index contributed by atoms with van der Waals surface area (Å²) in [6.07, 6.45) is 3.19. The maximum atomic E-state index is 13.6. The number of benzene rings is 2. The van der Waals surface area contributed by atoms with Crippen molar-refractivity contribution in [3.8, 4) is 5.75 Å². The summed E-state index contributed by atoms with van der Waals surface area (Å²) in [5.41, 5.74) is 2.15. The quantitative estimate of drug-likeness (QED) is 0.231. The van der Waals surface area contributed by atoms with Crippen molar-refractivity contribution in [3.63, 3.8) is 0 Å². The third-order valence-corrected chi connectivity index (χ3v) is 5.27. The molecular weight excluding hydrogens is 471 g/mol. The van der Waals surface area contributed by atoms with E-state index in [1.54, 1.807) is 56.6 Å². The molecule has 0 aliphatic carbocycles. The number of nitrogens with zero attached hydrogens (tertiary/aromatic N) is 5. The Balaban J connectivity index is 1.53. The van der Waals surface area contributed by atoms with Gasteiger partial charge in [0, 0.05) is 36.5 Å². The summed E-state index contributed by atoms with van der Waals surface area (Å²) in [5, 5.41) is 21.2. The Morgan fingerprint density at radius 1 is 1.19 bits per heavy atom. The molecule has 184 valence electrons. The van der Waals surface area contributed by atoms with Crippen LogP contribution in [0, 0.1) is 15.9 Å². The van der Waals surface area contributed by atoms with Crippen LogP contribution in [0.5, 0.6) is 5.75 Å². The predicted molar refractivity (Wildman–Crippen MR) is 127 cm³/mol. The lowest BCUT2D eigenvalue weighted by Gasteiger charge is -2.32. The molecule has 1 amide bonds. The van der Waals surface area contributed by atoms with Gasteiger partial charge in [-0.25, -0.2) is 14.8 Å². The number of hydrogen-bond donors (Lipinski definition) is 1. The molecule has 1 unspecified atom stereocenters. The van der Waals surface area contributed by atoms with E-state index in [9.17, 15) is 19.3 Å². The van der Waals surface area contributed by atoms with Crippen LogP contribution < -0.4 is 10.2 Å². The van der Waals surface area contributed by atoms with Crippen molar-refractivity contribution < 1.29 is 23.6 Å². The number of rotatable bonds is 7. The number of carbonyl (C=O) groups is 1. The summed E-state index contributed by atoms with van der Waals surface area (Å²) in [7, 11) is 0. The van der Waals surface area contributed by atoms with Crippen molar-refractivity contribution in [2.24, 2.45) is 10.2 Å². The van der Waals surface area contributed by atoms with Gasteiger partial charge < -0.3 is 9.47 Å². The molecule has 36 heavy (non-hydrogen) atoms. The van der Waals surface area contributed by atoms with Crippen LogP contribution in [0.1, 0.15) is 25.0 Å². The number of para-hydroxylation sites is 2. The average molecular weight is 492 g/mol. The molecule has 12 heteroatoms. The molecule has 0 saturated carbocycles. The van der Waals surface area contributed by atoms with Crippen molar-refractivity contribution in [1.82, 2.24) is 15.4 Å². The lowest BCUT2D eigenvalue weighted by Crippen LogP contribution is -2.42. The van der Waals surface area contributed by atoms with E-state index in [2.05, 4.69) is 20.6 Å². The number of carbonyl (C=O) groups excluding carboxylic acids is 1. The van der Waals surface area contributed by atoms with Gasteiger partial charge in [-0.3, -0.25) is 19.9 Å². The Morgan fingerprint density at radius 2 is 1.89 bits per heavy atom. The molecule has 1 aromatic heterocycles. The minimum Gasteiger partial charge on any atom is -0.477 e. The monoisotopic (exact) mass is 492 g/mol. The number of hydrogen-bond acceptors (Lipinski definition) is 8. The summed E-state index contributed by atoms with van der Waals surface area (Å²) < 4.78 is 25.0. The van der Waals surface area contributed by atoms with Gasteiger partial charge in [-0.1, -0.05) is 24.3 Å². The second kappa shape index (κ2) is 10.2. The molecule has 0 spiro atoms. The van der Waals surface area contributed by atoms with Gasteiger partial charge in [0.15, 0.2) is 12.4 Å². The van der Waals surface area contributed by atoms with Crippen molar-refractivity contribution in [2.45, 2.75) is 19.6 Å². The smallest absolute Gasteiger partial charge is 0.310 e. The van der Waals surface area contributed by atoms with Crippen molar-refractivity contribution in [2.75, 3.05) is 6.61 Å². The molecule has 0 saturated heterocycles. The largest absolute Gasteiger partial charge is 0.477 e. The van der Waals surface area contributed by atoms with E-state index in [4.69, 9.17) is 9.47 Å². The van der Waals surface area contributed by atoms with Crippen LogP contribution >= 0.6 is 0 Å². The first-order valence-electron chi connectivity index (χ1n) is 10.7. The van der Waals surface area contributed by atoms with Gasteiger partial charge in [0.25, 0.3) is 5.91 Å². The SMILES string of the molecule is C/C(=N\NC(=O)COc1ccccc1[N+](=O)[O-])N1N=C(c2ccncc2)OC1(C)c1ccc(F)cc1. The Labute approximate surface area is 205 Å². The van der Waals surface area contributed by atoms with E-state index >= 15 is 0 Å². The van der Waals surface area contributed by atoms with Crippen molar-refractivity contribution >= 4 is 23.3 Å². The summed E-state index contributed by atoms with van der Waals surface area (Å²) in [5.74, 6) is -0.551. The van der Waals surface area contributed by atoms with Crippen LogP contribution in [0.3, 0.4) is 0 Å². The number of amidine groups is 1. The van der Waals surface area contributed by atoms with Crippen LogP contribution in [-0.4, -0.2) is 39.2 Å². The number of nitrogens with one attached hydrogen (secondary N) is 1. The maximum absolute atomic E-state index is 13.6. The molecule has 1 N–H and O–H groups in total. The Bertz CT molecular complexity index is 1330. The molecule has 1 aliphatic rings. The average Bonchev–Trinajstić information content (AvgIpc) is 3.25. The molecule has 0 fully saturated rings. The number of ether oxygens (including phenoxy) is 2. The van der Waals surface area contributed by atoms with Crippen LogP contribution in [0.2, 0.25) is 0 Å². The van der Waals surface area contributed by atoms with Gasteiger partial charge >= 0.3 is 5.69 Å². The molecule has 0 bridgehead atoms. The fourth-order valence-electron chi connectivity index (χ4n) is 3.47. The first kappa shape index (κ1) is 24.3. The summed E-state index contributed by atoms with van der Waals surface area (Å²) in [6, 6.07) is 14.9. The van der Waals surface area contributed by atoms with E-state index < -0.39 is 29.0 Å². The van der Waals surface area contributed by atoms with Crippen molar-refractivity contribution in [1.29, 1.82) is 0 Å². The molecule has 11 nitrogen and oxygen atoms in total. The standard InChI is InChI=1S/C24H21FN6O5/c1-16(27-28-22(32)15-35-21-6-4-3-5-20(21)31(33)34)30-24(2,18-7-9-19(25)10-8-18)36-23(29-30)17-11-13-26-14-12-17/h3-14H,15H2,1-2H3,(H,28,32)/b27-16+. The van der Waals surface area contributed by atoms with Crippen LogP contribution in [0.15, 0.2) is 83.3 Å². The highest BCUT2D eigenvalue weighted by atomic mass is 19.1. The molecule has 3 aromatic rings. The third-order valence-electron chi connectivity index (χ3n) is 5.27. The Morgan fingerprint density at radius 3 is 2.58 bits per heavy atom. The van der Waals surface area contributed by atoms with Gasteiger partial charge in [0.1, 0.15) is 11.7 Å². The zero-order chi connectivity index (χ0) is 25.7. The highest BCUT2D eigenvalue weighted by Gasteiger charge is 2.44. The van der Waals surface area contributed by atoms with Crippen LogP contribution in [0.4, 0.5) is 10.1 Å². The maximum Gasteiger partial charge on any atom is 0.310 e. The first-order valence-corrected chi connectivity index (χ1v) is 10.7. The van der Waals surface area contributed by atoms with E-state index in [0.29, 0.717) is 11.1 Å². The van der Waals surface area contributed by atoms with Gasteiger partial charge in [-0.15, -0.1) is 5.10 Å². The van der Waals surface area contributed by atoms with E-state index in [1.165, 1.54) is 35.3 Å². The molecule has 1 aliphatic heterocycles. The fourth-order valence-corrected chi connectivity index (χ4v) is 3.47. The first-order chi connectivity index (χ1) is 17.3. The molecular formula is C24H21FN6O5. The van der Waals surface area contributed by atoms with Crippen molar-refractivity contribution in [3.05, 3.63) is 100 Å². The summed E-state index contributed by atoms with van der Waals surface area (Å²) in [4.78, 5) is 26.8. The van der Waals surface area contributed by atoms with Gasteiger partial charge in [-0.05, 0) is 37.3 Å². The minimum atomic E-state index is -1.20. The highest BCUT2D eigenvalue weighted by Crippen LogP contribution is 2.36. The summed E-state index contributed by atoms with van der Waals surface area (Å²) in [6.45, 7) is 2.84. The Kier molecular flexibility index (Phi) is 6.86. The van der Waals surface area contributed by atoms with Crippen LogP contribution in [-0.2, 0) is 15.3 Å². The molecule has 2 heterocycles. The fraction of sp³-hybridized carbons (Fsp3) is 0.167. The molecule has 0 radical (unpaired) electrons. The third kappa shape index (κ3) is 5.12. The number of hydrazone groups is 2. The number of nitro benzene ring substituents is 1. The lowest BCUT2D eigenvalue weighted by atomic mass is 10.0. The second-order valence-corrected chi connectivity index (χ2v) is 7.75. The second-order valence-electron chi connectivity index (χ2n) is 7.75. The molecule has 1 atom stereocenters. The highest BCUT2D eigenvalue weighted by molar-refractivity contribution is 5.97. The van der Waals surface area contributed by atoms with E-state index in [1.807, 2.05) is 0 Å². The zero-order valence-corrected chi connectivity index (χ0v) is 19.3. The number of pyridine rings is 1. The van der Waals surface area contributed by atoms with Gasteiger partial charge in [-0.2, -0.15) is 5.10 Å². The van der Waals surface area contributed by atoms with E-state index in [-0.39, 0.29) is 23.2 Å². The normalized spacial score (nSPS) is 17.2. The molecule has 4 rings (SSSR count). The number of nitro groups is 1. The topological polar surface area (TPSA) is 132 Å². The minimum absolute atomic E-state index is 0.0400. The lowest BCUT2D eigenvalue weighted by molar-refractivity contribution is -0.385. The number of halogens is 1.